The number of ether oxygens (including phenoxy) is 1. The van der Waals surface area contributed by atoms with Crippen LogP contribution in [-0.4, -0.2) is 41.9 Å². The van der Waals surface area contributed by atoms with Crippen molar-refractivity contribution in [2.45, 2.75) is 19.3 Å². The highest BCUT2D eigenvalue weighted by molar-refractivity contribution is 7.86. The first-order valence-corrected chi connectivity index (χ1v) is 5.61. The number of esters is 1. The first-order valence-electron chi connectivity index (χ1n) is 4.11. The number of hydrazone groups is 1. The molecular weight excluding hydrogens is 226 g/mol. The summed E-state index contributed by atoms with van der Waals surface area (Å²) in [5.41, 5.74) is 0.746. The fraction of sp³-hybridized carbons (Fsp3) is 0.667. The van der Waals surface area contributed by atoms with Gasteiger partial charge in [-0.3, -0.25) is 19.7 Å². The Bertz CT molecular complexity index is 390. The molecule has 0 saturated heterocycles. The second-order valence-corrected chi connectivity index (χ2v) is 4.25. The van der Waals surface area contributed by atoms with Crippen molar-refractivity contribution >= 4 is 22.1 Å². The Balaban J connectivity index is 2.85. The zero-order valence-electron chi connectivity index (χ0n) is 8.17. The predicted molar refractivity (Wildman–Crippen MR) is 50.1 cm³/mol. The normalized spacial score (nSPS) is 20.9. The number of hydrogen-bond acceptors (Lipinski definition) is 7. The summed E-state index contributed by atoms with van der Waals surface area (Å²) in [4.78, 5) is 11.8. The van der Waals surface area contributed by atoms with Crippen LogP contribution < -0.4 is 5.43 Å². The zero-order valence-corrected chi connectivity index (χ0v) is 8.98. The molecule has 0 spiro atoms. The Morgan fingerprint density at radius 1 is 1.73 bits per heavy atom. The van der Waals surface area contributed by atoms with Crippen LogP contribution in [0, 0.1) is 0 Å². The standard InChI is InChI=1S/C6H11N3O5S/c1-3-9-5(14-4(2)10)7-8-6(9)15(11,12)13/h6,8H,3H2,1-2H3,(H,11,12,13). The molecule has 0 saturated carbocycles. The largest absolute Gasteiger partial charge is 0.391 e. The highest BCUT2D eigenvalue weighted by Gasteiger charge is 2.37. The minimum Gasteiger partial charge on any atom is -0.391 e. The first kappa shape index (κ1) is 11.7. The Kier molecular flexibility index (Phi) is 3.15. The number of nitrogens with zero attached hydrogens (tertiary/aromatic N) is 2. The van der Waals surface area contributed by atoms with E-state index in [1.165, 1.54) is 0 Å². The van der Waals surface area contributed by atoms with Crippen LogP contribution in [0.2, 0.25) is 0 Å². The lowest BCUT2D eigenvalue weighted by Crippen LogP contribution is -2.46. The molecule has 1 aliphatic heterocycles. The van der Waals surface area contributed by atoms with Crippen LogP contribution in [-0.2, 0) is 19.6 Å². The Morgan fingerprint density at radius 2 is 2.33 bits per heavy atom. The fourth-order valence-electron chi connectivity index (χ4n) is 1.08. The highest BCUT2D eigenvalue weighted by atomic mass is 32.2. The number of nitrogens with one attached hydrogen (secondary N) is 1. The van der Waals surface area contributed by atoms with Crippen molar-refractivity contribution in [1.82, 2.24) is 10.3 Å². The topological polar surface area (TPSA) is 108 Å². The molecule has 0 aliphatic carbocycles. The number of carbonyl (C=O) groups is 1. The maximum atomic E-state index is 10.9. The molecule has 1 atom stereocenters. The van der Waals surface area contributed by atoms with Crippen LogP contribution >= 0.6 is 0 Å². The van der Waals surface area contributed by atoms with Gasteiger partial charge in [0, 0.05) is 13.5 Å². The van der Waals surface area contributed by atoms with Gasteiger partial charge in [0.25, 0.3) is 0 Å². The summed E-state index contributed by atoms with van der Waals surface area (Å²) in [6.07, 6.45) is 0. The maximum Gasteiger partial charge on any atom is 0.319 e. The molecule has 0 aromatic carbocycles. The average Bonchev–Trinajstić information content (AvgIpc) is 2.45. The molecule has 0 aromatic rings. The molecule has 8 nitrogen and oxygen atoms in total. The van der Waals surface area contributed by atoms with Crippen molar-refractivity contribution in [2.24, 2.45) is 5.10 Å². The quantitative estimate of drug-likeness (QED) is 0.464. The van der Waals surface area contributed by atoms with Crippen molar-refractivity contribution in [3.8, 4) is 0 Å². The van der Waals surface area contributed by atoms with Crippen molar-refractivity contribution in [1.29, 1.82) is 0 Å². The molecule has 0 fully saturated rings. The molecule has 0 amide bonds. The third-order valence-electron chi connectivity index (χ3n) is 1.66. The smallest absolute Gasteiger partial charge is 0.319 e. The van der Waals surface area contributed by atoms with E-state index in [4.69, 9.17) is 4.55 Å². The average molecular weight is 237 g/mol. The van der Waals surface area contributed by atoms with E-state index in [0.717, 1.165) is 11.8 Å². The molecule has 15 heavy (non-hydrogen) atoms. The highest BCUT2D eigenvalue weighted by Crippen LogP contribution is 2.11. The third-order valence-corrected chi connectivity index (χ3v) is 2.58. The lowest BCUT2D eigenvalue weighted by atomic mass is 10.6. The van der Waals surface area contributed by atoms with Gasteiger partial charge in [-0.2, -0.15) is 8.42 Å². The maximum absolute atomic E-state index is 10.9. The molecule has 0 aromatic heterocycles. The van der Waals surface area contributed by atoms with Gasteiger partial charge in [-0.05, 0) is 6.92 Å². The van der Waals surface area contributed by atoms with Gasteiger partial charge in [-0.15, -0.1) is 5.10 Å². The molecule has 1 rings (SSSR count). The fourth-order valence-corrected chi connectivity index (χ4v) is 1.83. The lowest BCUT2D eigenvalue weighted by molar-refractivity contribution is -0.133. The summed E-state index contributed by atoms with van der Waals surface area (Å²) in [6.45, 7) is 3.00. The molecule has 1 heterocycles. The van der Waals surface area contributed by atoms with Gasteiger partial charge in [0.05, 0.1) is 0 Å². The summed E-state index contributed by atoms with van der Waals surface area (Å²) < 4.78 is 35.2. The molecule has 1 aliphatic rings. The summed E-state index contributed by atoms with van der Waals surface area (Å²) in [6, 6.07) is -0.173. The van der Waals surface area contributed by atoms with Crippen molar-refractivity contribution < 1.29 is 22.5 Å². The molecule has 0 radical (unpaired) electrons. The van der Waals surface area contributed by atoms with Gasteiger partial charge in [0.1, 0.15) is 0 Å². The van der Waals surface area contributed by atoms with Gasteiger partial charge >= 0.3 is 22.1 Å². The number of carbonyl (C=O) groups excluding carboxylic acids is 1. The summed E-state index contributed by atoms with van der Waals surface area (Å²) in [5, 5.41) is 3.49. The van der Waals surface area contributed by atoms with E-state index < -0.39 is 21.6 Å². The Morgan fingerprint density at radius 3 is 2.73 bits per heavy atom. The van der Waals surface area contributed by atoms with E-state index >= 15 is 0 Å². The van der Waals surface area contributed by atoms with Crippen LogP contribution in [0.4, 0.5) is 0 Å². The van der Waals surface area contributed by atoms with E-state index in [0.29, 0.717) is 0 Å². The lowest BCUT2D eigenvalue weighted by Gasteiger charge is -2.21. The predicted octanol–water partition coefficient (Wildman–Crippen LogP) is -1.08. The van der Waals surface area contributed by atoms with Gasteiger partial charge in [0.15, 0.2) is 0 Å². The van der Waals surface area contributed by atoms with Crippen molar-refractivity contribution in [2.75, 3.05) is 6.54 Å². The minimum absolute atomic E-state index is 0.173. The Hall–Kier alpha value is -1.35. The molecule has 1 unspecified atom stereocenters. The monoisotopic (exact) mass is 237 g/mol. The summed E-state index contributed by atoms with van der Waals surface area (Å²) >= 11 is 0. The molecule has 2 N–H and O–H groups in total. The molecule has 9 heteroatoms. The van der Waals surface area contributed by atoms with E-state index in [-0.39, 0.29) is 12.6 Å². The van der Waals surface area contributed by atoms with Crippen LogP contribution in [0.15, 0.2) is 5.10 Å². The van der Waals surface area contributed by atoms with Gasteiger partial charge < -0.3 is 4.74 Å². The summed E-state index contributed by atoms with van der Waals surface area (Å²) in [5.74, 6) is -0.620. The molecule has 0 bridgehead atoms. The van der Waals surface area contributed by atoms with Gasteiger partial charge in [-0.25, -0.2) is 0 Å². The van der Waals surface area contributed by atoms with Crippen LogP contribution in [0.1, 0.15) is 13.8 Å². The van der Waals surface area contributed by atoms with Gasteiger partial charge in [-0.1, -0.05) is 0 Å². The SMILES string of the molecule is CCN1C(OC(C)=O)=NNC1S(=O)(=O)O. The van der Waals surface area contributed by atoms with Crippen molar-refractivity contribution in [3.05, 3.63) is 0 Å². The van der Waals surface area contributed by atoms with Crippen molar-refractivity contribution in [3.63, 3.8) is 0 Å². The third kappa shape index (κ3) is 2.57. The molecule has 86 valence electrons. The van der Waals surface area contributed by atoms with E-state index in [2.05, 4.69) is 15.3 Å². The minimum atomic E-state index is -4.32. The second-order valence-electron chi connectivity index (χ2n) is 2.77. The van der Waals surface area contributed by atoms with Crippen LogP contribution in [0.5, 0.6) is 0 Å². The number of amidine groups is 1. The first-order chi connectivity index (χ1) is 6.86. The summed E-state index contributed by atoms with van der Waals surface area (Å²) in [7, 11) is -4.32. The zero-order chi connectivity index (χ0) is 11.6. The molecular formula is C6H11N3O5S. The van der Waals surface area contributed by atoms with Crippen LogP contribution in [0.3, 0.4) is 0 Å². The van der Waals surface area contributed by atoms with Gasteiger partial charge in [0.2, 0.25) is 5.50 Å². The van der Waals surface area contributed by atoms with E-state index in [1.54, 1.807) is 6.92 Å². The van der Waals surface area contributed by atoms with Crippen LogP contribution in [0.25, 0.3) is 0 Å². The number of hydrogen-bond donors (Lipinski definition) is 2. The second kappa shape index (κ2) is 4.03. The number of rotatable bonds is 2. The van der Waals surface area contributed by atoms with E-state index in [1.807, 2.05) is 0 Å². The van der Waals surface area contributed by atoms with E-state index in [9.17, 15) is 13.2 Å². The Labute approximate surface area is 86.6 Å².